The van der Waals surface area contributed by atoms with Crippen molar-refractivity contribution in [2.45, 2.75) is 25.7 Å². The highest BCUT2D eigenvalue weighted by atomic mass is 35.5. The third kappa shape index (κ3) is 2.26. The number of hydrogen-bond donors (Lipinski definition) is 0. The molecule has 0 bridgehead atoms. The van der Waals surface area contributed by atoms with Crippen LogP contribution in [0.4, 0.5) is 0 Å². The van der Waals surface area contributed by atoms with Crippen molar-refractivity contribution >= 4 is 17.4 Å². The van der Waals surface area contributed by atoms with E-state index in [1.807, 2.05) is 6.08 Å². The Kier molecular flexibility index (Phi) is 3.17. The van der Waals surface area contributed by atoms with Crippen LogP contribution < -0.4 is 0 Å². The van der Waals surface area contributed by atoms with Gasteiger partial charge in [-0.1, -0.05) is 17.7 Å². The molecule has 0 saturated carbocycles. The first kappa shape index (κ1) is 10.4. The highest BCUT2D eigenvalue weighted by molar-refractivity contribution is 6.34. The predicted octanol–water partition coefficient (Wildman–Crippen LogP) is 3.42. The number of rotatable bonds is 2. The van der Waals surface area contributed by atoms with Crippen molar-refractivity contribution in [1.82, 2.24) is 4.98 Å². The molecule has 0 aromatic carbocycles. The minimum absolute atomic E-state index is 0.0136. The van der Waals surface area contributed by atoms with E-state index in [1.54, 1.807) is 18.3 Å². The van der Waals surface area contributed by atoms with Crippen LogP contribution in [0.5, 0.6) is 0 Å². The molecule has 2 nitrogen and oxygen atoms in total. The number of nitrogens with zero attached hydrogens (tertiary/aromatic N) is 1. The van der Waals surface area contributed by atoms with Crippen LogP contribution in [0.2, 0.25) is 5.02 Å². The van der Waals surface area contributed by atoms with Crippen molar-refractivity contribution in [2.75, 3.05) is 0 Å². The van der Waals surface area contributed by atoms with Crippen LogP contribution in [-0.2, 0) is 0 Å². The van der Waals surface area contributed by atoms with E-state index in [-0.39, 0.29) is 5.78 Å². The third-order valence-corrected chi connectivity index (χ3v) is 2.86. The number of halogens is 1. The van der Waals surface area contributed by atoms with Gasteiger partial charge in [0, 0.05) is 6.20 Å². The molecule has 1 heterocycles. The molecule has 1 aliphatic carbocycles. The molecule has 1 aromatic heterocycles. The zero-order chi connectivity index (χ0) is 10.7. The first-order valence-electron chi connectivity index (χ1n) is 5.13. The molecule has 2 rings (SSSR count). The van der Waals surface area contributed by atoms with Gasteiger partial charge in [-0.25, -0.2) is 0 Å². The zero-order valence-corrected chi connectivity index (χ0v) is 9.13. The van der Waals surface area contributed by atoms with Crippen molar-refractivity contribution in [3.8, 4) is 0 Å². The van der Waals surface area contributed by atoms with Gasteiger partial charge in [0.2, 0.25) is 5.78 Å². The Labute approximate surface area is 94.0 Å². The Morgan fingerprint density at radius 2 is 2.27 bits per heavy atom. The SMILES string of the molecule is O=C(C1=CCCCC1)c1ncccc1Cl. The summed E-state index contributed by atoms with van der Waals surface area (Å²) >= 11 is 5.93. The molecule has 0 saturated heterocycles. The number of hydrogen-bond acceptors (Lipinski definition) is 2. The zero-order valence-electron chi connectivity index (χ0n) is 8.37. The highest BCUT2D eigenvalue weighted by Gasteiger charge is 2.17. The fourth-order valence-electron chi connectivity index (χ4n) is 1.75. The van der Waals surface area contributed by atoms with E-state index in [1.165, 1.54) is 6.42 Å². The Balaban J connectivity index is 2.28. The molecule has 0 radical (unpaired) electrons. The van der Waals surface area contributed by atoms with Crippen LogP contribution >= 0.6 is 11.6 Å². The Morgan fingerprint density at radius 1 is 1.40 bits per heavy atom. The summed E-state index contributed by atoms with van der Waals surface area (Å²) in [6.45, 7) is 0. The maximum atomic E-state index is 12.0. The van der Waals surface area contributed by atoms with E-state index in [4.69, 9.17) is 11.6 Å². The van der Waals surface area contributed by atoms with E-state index in [9.17, 15) is 4.79 Å². The Morgan fingerprint density at radius 3 is 2.93 bits per heavy atom. The number of ketones is 1. The van der Waals surface area contributed by atoms with Gasteiger partial charge in [-0.05, 0) is 43.4 Å². The van der Waals surface area contributed by atoms with Crippen molar-refractivity contribution in [2.24, 2.45) is 0 Å². The number of aromatic nitrogens is 1. The van der Waals surface area contributed by atoms with E-state index < -0.39 is 0 Å². The lowest BCUT2D eigenvalue weighted by molar-refractivity contribution is 0.102. The molecule has 0 spiro atoms. The summed E-state index contributed by atoms with van der Waals surface area (Å²) in [7, 11) is 0. The smallest absolute Gasteiger partial charge is 0.208 e. The number of allylic oxidation sites excluding steroid dienone is 2. The van der Waals surface area contributed by atoms with Crippen LogP contribution in [0.25, 0.3) is 0 Å². The van der Waals surface area contributed by atoms with Gasteiger partial charge >= 0.3 is 0 Å². The maximum Gasteiger partial charge on any atom is 0.208 e. The Bertz CT molecular complexity index is 412. The van der Waals surface area contributed by atoms with Crippen molar-refractivity contribution in [1.29, 1.82) is 0 Å². The number of pyridine rings is 1. The Hall–Kier alpha value is -1.15. The van der Waals surface area contributed by atoms with Gasteiger partial charge in [0.1, 0.15) is 5.69 Å². The van der Waals surface area contributed by atoms with Gasteiger partial charge in [0.15, 0.2) is 0 Å². The summed E-state index contributed by atoms with van der Waals surface area (Å²) in [6, 6.07) is 3.43. The summed E-state index contributed by atoms with van der Waals surface area (Å²) < 4.78 is 0. The highest BCUT2D eigenvalue weighted by Crippen LogP contribution is 2.23. The van der Waals surface area contributed by atoms with Gasteiger partial charge in [-0.15, -0.1) is 0 Å². The number of Topliss-reactive ketones (excluding diaryl/α,β-unsaturated/α-hetero) is 1. The van der Waals surface area contributed by atoms with E-state index >= 15 is 0 Å². The average molecular weight is 222 g/mol. The summed E-state index contributed by atoms with van der Waals surface area (Å²) in [5.74, 6) is -0.0136. The van der Waals surface area contributed by atoms with E-state index in [0.29, 0.717) is 10.7 Å². The standard InChI is InChI=1S/C12H12ClNO/c13-10-7-4-8-14-11(10)12(15)9-5-2-1-3-6-9/h4-5,7-8H,1-3,6H2. The number of carbonyl (C=O) groups excluding carboxylic acids is 1. The minimum atomic E-state index is -0.0136. The molecule has 0 fully saturated rings. The molecule has 0 unspecified atom stereocenters. The quantitative estimate of drug-likeness (QED) is 0.717. The van der Waals surface area contributed by atoms with E-state index in [0.717, 1.165) is 24.8 Å². The second-order valence-corrected chi connectivity index (χ2v) is 4.05. The van der Waals surface area contributed by atoms with Crippen LogP contribution in [-0.4, -0.2) is 10.8 Å². The topological polar surface area (TPSA) is 30.0 Å². The van der Waals surface area contributed by atoms with Gasteiger partial charge < -0.3 is 0 Å². The maximum absolute atomic E-state index is 12.0. The third-order valence-electron chi connectivity index (χ3n) is 2.56. The molecular weight excluding hydrogens is 210 g/mol. The lowest BCUT2D eigenvalue weighted by Gasteiger charge is -2.11. The summed E-state index contributed by atoms with van der Waals surface area (Å²) in [5.41, 5.74) is 1.24. The molecule has 0 amide bonds. The van der Waals surface area contributed by atoms with Gasteiger partial charge in [-0.2, -0.15) is 0 Å². The molecule has 0 atom stereocenters. The first-order valence-corrected chi connectivity index (χ1v) is 5.51. The molecule has 78 valence electrons. The predicted molar refractivity (Wildman–Crippen MR) is 60.1 cm³/mol. The first-order chi connectivity index (χ1) is 7.29. The molecule has 1 aromatic rings. The fourth-order valence-corrected chi connectivity index (χ4v) is 1.96. The summed E-state index contributed by atoms with van der Waals surface area (Å²) in [5, 5.41) is 0.439. The van der Waals surface area contributed by atoms with Gasteiger partial charge in [0.25, 0.3) is 0 Å². The summed E-state index contributed by atoms with van der Waals surface area (Å²) in [4.78, 5) is 16.0. The van der Waals surface area contributed by atoms with Crippen LogP contribution in [0.3, 0.4) is 0 Å². The van der Waals surface area contributed by atoms with E-state index in [2.05, 4.69) is 4.98 Å². The van der Waals surface area contributed by atoms with Crippen molar-refractivity contribution < 1.29 is 4.79 Å². The van der Waals surface area contributed by atoms with Gasteiger partial charge in [0.05, 0.1) is 5.02 Å². The average Bonchev–Trinajstić information content (AvgIpc) is 2.30. The minimum Gasteiger partial charge on any atom is -0.287 e. The lowest BCUT2D eigenvalue weighted by Crippen LogP contribution is -2.08. The molecule has 1 aliphatic rings. The van der Waals surface area contributed by atoms with Crippen molar-refractivity contribution in [3.63, 3.8) is 0 Å². The number of carbonyl (C=O) groups is 1. The monoisotopic (exact) mass is 221 g/mol. The van der Waals surface area contributed by atoms with Crippen LogP contribution in [0.1, 0.15) is 36.2 Å². The van der Waals surface area contributed by atoms with Crippen LogP contribution in [0, 0.1) is 0 Å². The molecule has 0 aliphatic heterocycles. The molecular formula is C12H12ClNO. The van der Waals surface area contributed by atoms with Gasteiger partial charge in [-0.3, -0.25) is 9.78 Å². The molecule has 3 heteroatoms. The second kappa shape index (κ2) is 4.58. The molecule has 15 heavy (non-hydrogen) atoms. The largest absolute Gasteiger partial charge is 0.287 e. The lowest BCUT2D eigenvalue weighted by atomic mass is 9.95. The second-order valence-electron chi connectivity index (χ2n) is 3.64. The fraction of sp³-hybridized carbons (Fsp3) is 0.333. The van der Waals surface area contributed by atoms with Crippen LogP contribution in [0.15, 0.2) is 30.0 Å². The summed E-state index contributed by atoms with van der Waals surface area (Å²) in [6.07, 6.45) is 7.71. The normalized spacial score (nSPS) is 15.9. The van der Waals surface area contributed by atoms with Crippen molar-refractivity contribution in [3.05, 3.63) is 40.7 Å². The molecule has 0 N–H and O–H groups in total.